The van der Waals surface area contributed by atoms with E-state index in [0.29, 0.717) is 11.6 Å². The predicted molar refractivity (Wildman–Crippen MR) is 237 cm³/mol. The first kappa shape index (κ1) is 44.1. The Kier molecular flexibility index (Phi) is 15.7. The van der Waals surface area contributed by atoms with E-state index in [1.54, 1.807) is 0 Å². The molecule has 0 radical (unpaired) electrons. The van der Waals surface area contributed by atoms with E-state index in [9.17, 15) is 9.59 Å². The predicted octanol–water partition coefficient (Wildman–Crippen LogP) is 10.8. The van der Waals surface area contributed by atoms with Gasteiger partial charge in [0.15, 0.2) is 0 Å². The van der Waals surface area contributed by atoms with Crippen LogP contribution in [-0.4, -0.2) is 20.9 Å². The number of aryl methyl sites for hydroxylation is 4. The second kappa shape index (κ2) is 20.6. The third-order valence-electron chi connectivity index (χ3n) is 12.1. The molecule has 2 aromatic heterocycles. The number of anilines is 2. The number of carbonyl (C=O) groups excluding carboxylic acids is 2. The molecule has 0 aliphatic carbocycles. The highest BCUT2D eigenvalue weighted by Crippen LogP contribution is 2.37. The summed E-state index contributed by atoms with van der Waals surface area (Å²) in [6.45, 7) is 15.2. The molecular weight excluding hydrogens is 717 g/mol. The first-order chi connectivity index (χ1) is 27.9. The van der Waals surface area contributed by atoms with E-state index in [-0.39, 0.29) is 22.6 Å². The van der Waals surface area contributed by atoms with Gasteiger partial charge in [-0.25, -0.2) is 18.3 Å². The number of nitrogens with zero attached hydrogens (tertiary/aromatic N) is 4. The summed E-state index contributed by atoms with van der Waals surface area (Å²) >= 11 is 0. The fourth-order valence-corrected chi connectivity index (χ4v) is 8.06. The van der Waals surface area contributed by atoms with Crippen LogP contribution in [0.4, 0.5) is 11.4 Å². The average molecular weight is 787 g/mol. The molecule has 8 nitrogen and oxygen atoms in total. The van der Waals surface area contributed by atoms with Crippen molar-refractivity contribution in [1.82, 2.24) is 9.13 Å². The van der Waals surface area contributed by atoms with Gasteiger partial charge in [-0.3, -0.25) is 9.59 Å². The van der Waals surface area contributed by atoms with Crippen LogP contribution in [0.5, 0.6) is 0 Å². The molecular formula is C50H70N6O2+2. The van der Waals surface area contributed by atoms with E-state index in [0.717, 1.165) is 37.3 Å². The van der Waals surface area contributed by atoms with Crippen LogP contribution in [0.1, 0.15) is 162 Å². The average Bonchev–Trinajstić information content (AvgIpc) is 3.78. The topological polar surface area (TPSA) is 75.8 Å². The first-order valence-corrected chi connectivity index (χ1v) is 21.9. The fourth-order valence-electron chi connectivity index (χ4n) is 8.06. The van der Waals surface area contributed by atoms with Crippen molar-refractivity contribution in [3.8, 4) is 0 Å². The molecule has 0 saturated heterocycles. The lowest BCUT2D eigenvalue weighted by atomic mass is 9.73. The van der Waals surface area contributed by atoms with Crippen molar-refractivity contribution in [1.29, 1.82) is 0 Å². The second-order valence-electron chi connectivity index (χ2n) is 17.3. The summed E-state index contributed by atoms with van der Waals surface area (Å²) in [7, 11) is 3.86. The monoisotopic (exact) mass is 787 g/mol. The SMILES string of the molecule is CCCCCCCCn1cc[n+](C)c1C(=O)Nc1ccc(C(C)(C)c2cccc(C(C)(C)c3ccc(NC(=O)c4n(CCCCCCCC)cc[n+]4C)cc3)c2)cc1. The van der Waals surface area contributed by atoms with Gasteiger partial charge in [0.1, 0.15) is 24.8 Å². The van der Waals surface area contributed by atoms with E-state index >= 15 is 0 Å². The standard InChI is InChI=1S/C50H68N6O2/c1-9-11-13-15-17-19-32-55-36-34-53(7)47(55)45(57)51-43-28-24-39(25-29-43)49(3,4)41-22-21-23-42(38-41)50(5,6)40-26-30-44(31-27-40)52-46(58)48-54(8)35-37-56(48)33-20-18-16-14-12-10-2/h21-31,34-38H,9-20,32-33H2,1-8H3/p+2. The quantitative estimate of drug-likeness (QED) is 0.0541. The Morgan fingerprint density at radius 1 is 0.517 bits per heavy atom. The number of hydrogen-bond acceptors (Lipinski definition) is 2. The maximum atomic E-state index is 13.5. The molecule has 0 atom stereocenters. The molecule has 2 amide bonds. The highest BCUT2D eigenvalue weighted by Gasteiger charge is 2.29. The molecule has 0 saturated carbocycles. The number of imidazole rings is 2. The lowest BCUT2D eigenvalue weighted by molar-refractivity contribution is -0.673. The lowest BCUT2D eigenvalue weighted by Gasteiger charge is -2.31. The number of nitrogens with one attached hydrogen (secondary N) is 2. The van der Waals surface area contributed by atoms with E-state index < -0.39 is 0 Å². The third-order valence-corrected chi connectivity index (χ3v) is 12.1. The maximum Gasteiger partial charge on any atom is 0.348 e. The molecule has 58 heavy (non-hydrogen) atoms. The number of carbonyl (C=O) groups is 2. The van der Waals surface area contributed by atoms with Crippen molar-refractivity contribution in [2.24, 2.45) is 14.1 Å². The van der Waals surface area contributed by atoms with Crippen molar-refractivity contribution in [3.05, 3.63) is 131 Å². The molecule has 2 heterocycles. The molecule has 5 rings (SSSR count). The Labute approximate surface area is 348 Å². The summed E-state index contributed by atoms with van der Waals surface area (Å²) in [4.78, 5) is 26.9. The zero-order valence-corrected chi connectivity index (χ0v) is 36.7. The number of aromatic nitrogens is 4. The van der Waals surface area contributed by atoms with Crippen LogP contribution in [0.3, 0.4) is 0 Å². The van der Waals surface area contributed by atoms with Gasteiger partial charge in [0.25, 0.3) is 0 Å². The Morgan fingerprint density at radius 3 is 1.26 bits per heavy atom. The summed E-state index contributed by atoms with van der Waals surface area (Å²) in [6, 6.07) is 25.4. The first-order valence-electron chi connectivity index (χ1n) is 21.9. The largest absolute Gasteiger partial charge is 0.348 e. The molecule has 0 fully saturated rings. The summed E-state index contributed by atoms with van der Waals surface area (Å²) in [5.74, 6) is 1.13. The Bertz CT molecular complexity index is 1920. The molecule has 8 heteroatoms. The van der Waals surface area contributed by atoms with Crippen LogP contribution in [0.15, 0.2) is 97.6 Å². The molecule has 0 unspecified atom stereocenters. The van der Waals surface area contributed by atoms with Gasteiger partial charge >= 0.3 is 23.5 Å². The molecule has 3 aromatic carbocycles. The van der Waals surface area contributed by atoms with Gasteiger partial charge < -0.3 is 10.6 Å². The summed E-state index contributed by atoms with van der Waals surface area (Å²) in [5, 5.41) is 6.29. The lowest BCUT2D eigenvalue weighted by Crippen LogP contribution is -2.37. The van der Waals surface area contributed by atoms with Crippen LogP contribution in [-0.2, 0) is 38.0 Å². The smallest absolute Gasteiger partial charge is 0.315 e. The van der Waals surface area contributed by atoms with E-state index in [2.05, 4.69) is 110 Å². The molecule has 0 spiro atoms. The summed E-state index contributed by atoms with van der Waals surface area (Å²) in [6.07, 6.45) is 22.6. The van der Waals surface area contributed by atoms with E-state index in [4.69, 9.17) is 0 Å². The van der Waals surface area contributed by atoms with Gasteiger partial charge in [0.05, 0.1) is 27.2 Å². The van der Waals surface area contributed by atoms with Gasteiger partial charge in [0, 0.05) is 22.2 Å². The molecule has 0 bridgehead atoms. The third kappa shape index (κ3) is 11.1. The zero-order chi connectivity index (χ0) is 41.7. The van der Waals surface area contributed by atoms with Crippen LogP contribution in [0.2, 0.25) is 0 Å². The fraction of sp³-hybridized carbons (Fsp3) is 0.480. The highest BCUT2D eigenvalue weighted by atomic mass is 16.2. The van der Waals surface area contributed by atoms with Crippen molar-refractivity contribution < 1.29 is 18.7 Å². The number of hydrogen-bond donors (Lipinski definition) is 2. The van der Waals surface area contributed by atoms with Crippen LogP contribution >= 0.6 is 0 Å². The second-order valence-corrected chi connectivity index (χ2v) is 17.3. The van der Waals surface area contributed by atoms with Gasteiger partial charge in [0.2, 0.25) is 0 Å². The minimum atomic E-state index is -0.274. The van der Waals surface area contributed by atoms with Crippen molar-refractivity contribution in [3.63, 3.8) is 0 Å². The van der Waals surface area contributed by atoms with E-state index in [1.807, 2.05) is 72.3 Å². The minimum Gasteiger partial charge on any atom is -0.315 e. The number of benzene rings is 3. The molecule has 0 aliphatic rings. The Hall–Kier alpha value is -4.98. The normalized spacial score (nSPS) is 11.9. The molecule has 5 aromatic rings. The zero-order valence-electron chi connectivity index (χ0n) is 36.7. The van der Waals surface area contributed by atoms with Crippen LogP contribution in [0, 0.1) is 0 Å². The molecule has 0 aliphatic heterocycles. The van der Waals surface area contributed by atoms with Crippen molar-refractivity contribution in [2.45, 2.75) is 143 Å². The number of rotatable bonds is 22. The molecule has 2 N–H and O–H groups in total. The highest BCUT2D eigenvalue weighted by molar-refractivity contribution is 6.01. The summed E-state index contributed by atoms with van der Waals surface area (Å²) in [5.41, 5.74) is 5.79. The molecule has 310 valence electrons. The number of unbranched alkanes of at least 4 members (excludes halogenated alkanes) is 10. The van der Waals surface area contributed by atoms with Crippen molar-refractivity contribution >= 4 is 23.2 Å². The van der Waals surface area contributed by atoms with Gasteiger partial charge in [-0.2, -0.15) is 0 Å². The van der Waals surface area contributed by atoms with Gasteiger partial charge in [-0.15, -0.1) is 0 Å². The summed E-state index contributed by atoms with van der Waals surface area (Å²) < 4.78 is 7.96. The van der Waals surface area contributed by atoms with Crippen molar-refractivity contribution in [2.75, 3.05) is 10.6 Å². The van der Waals surface area contributed by atoms with Gasteiger partial charge in [-0.1, -0.05) is 141 Å². The number of amides is 2. The minimum absolute atomic E-state index is 0.0982. The van der Waals surface area contributed by atoms with Crippen LogP contribution in [0.25, 0.3) is 0 Å². The van der Waals surface area contributed by atoms with E-state index in [1.165, 1.54) is 86.5 Å². The maximum absolute atomic E-state index is 13.5. The van der Waals surface area contributed by atoms with Crippen LogP contribution < -0.4 is 19.8 Å². The Balaban J connectivity index is 1.21. The van der Waals surface area contributed by atoms with Gasteiger partial charge in [-0.05, 0) is 72.2 Å². The Morgan fingerprint density at radius 2 is 0.879 bits per heavy atom.